The van der Waals surface area contributed by atoms with E-state index in [2.05, 4.69) is 39.9 Å². The number of aromatic nitrogens is 2. The Kier molecular flexibility index (Phi) is 6.66. The number of carbonyl (C=O) groups excluding carboxylic acids is 1. The molecule has 1 N–H and O–H groups in total. The van der Waals surface area contributed by atoms with Crippen molar-refractivity contribution in [2.75, 3.05) is 18.4 Å². The van der Waals surface area contributed by atoms with Crippen LogP contribution in [0, 0.1) is 18.7 Å². The van der Waals surface area contributed by atoms with E-state index in [1.54, 1.807) is 13.0 Å². The number of fused-ring (bicyclic) bond motifs is 1. The number of rotatable bonds is 7. The largest absolute Gasteiger partial charge is 0.327 e. The number of imidazole rings is 1. The summed E-state index contributed by atoms with van der Waals surface area (Å²) in [4.78, 5) is 19.8. The first-order valence-corrected chi connectivity index (χ1v) is 11.3. The molecule has 0 radical (unpaired) electrons. The molecule has 2 aromatic carbocycles. The molecule has 6 heteroatoms. The molecule has 1 aliphatic rings. The van der Waals surface area contributed by atoms with E-state index in [-0.39, 0.29) is 11.7 Å². The third-order valence-corrected chi connectivity index (χ3v) is 6.26. The van der Waals surface area contributed by atoms with Crippen LogP contribution in [0.15, 0.2) is 42.5 Å². The standard InChI is InChI=1S/C25H31FN4O/c1-3-30-23-9-5-4-8-22(23)27-24(30)17-29-14-6-7-19(16-29)10-13-25(31)28-21-12-11-20(26)15-18(21)2/h4-5,8-9,11-12,15,19H,3,6-7,10,13-14,16-17H2,1-2H3,(H,28,31)/t19-/m0/s1. The topological polar surface area (TPSA) is 50.2 Å². The minimum absolute atomic E-state index is 0.000364. The van der Waals surface area contributed by atoms with E-state index in [0.717, 1.165) is 62.3 Å². The monoisotopic (exact) mass is 422 g/mol. The number of piperidine rings is 1. The van der Waals surface area contributed by atoms with Crippen LogP contribution in [0.4, 0.5) is 10.1 Å². The Bertz CT molecular complexity index is 1060. The normalized spacial score (nSPS) is 17.2. The summed E-state index contributed by atoms with van der Waals surface area (Å²) in [7, 11) is 0. The summed E-state index contributed by atoms with van der Waals surface area (Å²) >= 11 is 0. The third-order valence-electron chi connectivity index (χ3n) is 6.26. The van der Waals surface area contributed by atoms with Gasteiger partial charge >= 0.3 is 0 Å². The number of benzene rings is 2. The van der Waals surface area contributed by atoms with Crippen LogP contribution in [0.3, 0.4) is 0 Å². The molecule has 31 heavy (non-hydrogen) atoms. The molecule has 0 aliphatic carbocycles. The zero-order valence-electron chi connectivity index (χ0n) is 18.4. The summed E-state index contributed by atoms with van der Waals surface area (Å²) in [6.07, 6.45) is 3.66. The minimum atomic E-state index is -0.283. The average molecular weight is 423 g/mol. The highest BCUT2D eigenvalue weighted by Gasteiger charge is 2.22. The second kappa shape index (κ2) is 9.60. The third kappa shape index (κ3) is 5.13. The van der Waals surface area contributed by atoms with Gasteiger partial charge in [-0.05, 0) is 81.5 Å². The molecule has 1 saturated heterocycles. The molecule has 1 aliphatic heterocycles. The van der Waals surface area contributed by atoms with Crippen molar-refractivity contribution in [3.05, 3.63) is 59.7 Å². The summed E-state index contributed by atoms with van der Waals surface area (Å²) < 4.78 is 15.6. The SMILES string of the molecule is CCn1c(CN2CCC[C@@H](CCC(=O)Nc3ccc(F)cc3C)C2)nc2ccccc21. The molecule has 0 unspecified atom stereocenters. The Morgan fingerprint density at radius 2 is 2.10 bits per heavy atom. The predicted molar refractivity (Wildman–Crippen MR) is 122 cm³/mol. The molecule has 3 aromatic rings. The number of hydrogen-bond acceptors (Lipinski definition) is 3. The highest BCUT2D eigenvalue weighted by Crippen LogP contribution is 2.24. The van der Waals surface area contributed by atoms with E-state index in [4.69, 9.17) is 4.98 Å². The highest BCUT2D eigenvalue weighted by molar-refractivity contribution is 5.91. The number of carbonyl (C=O) groups is 1. The average Bonchev–Trinajstić information content (AvgIpc) is 3.11. The second-order valence-electron chi connectivity index (χ2n) is 8.55. The van der Waals surface area contributed by atoms with Gasteiger partial charge in [-0.25, -0.2) is 9.37 Å². The number of nitrogens with zero attached hydrogens (tertiary/aromatic N) is 3. The zero-order valence-corrected chi connectivity index (χ0v) is 18.4. The fraction of sp³-hybridized carbons (Fsp3) is 0.440. The van der Waals surface area contributed by atoms with Crippen molar-refractivity contribution in [1.82, 2.24) is 14.5 Å². The van der Waals surface area contributed by atoms with Gasteiger partial charge < -0.3 is 9.88 Å². The first kappa shape index (κ1) is 21.5. The second-order valence-corrected chi connectivity index (χ2v) is 8.55. The van der Waals surface area contributed by atoms with Crippen molar-refractivity contribution >= 4 is 22.6 Å². The van der Waals surface area contributed by atoms with Crippen molar-refractivity contribution in [1.29, 1.82) is 0 Å². The van der Waals surface area contributed by atoms with Gasteiger partial charge in [0.25, 0.3) is 0 Å². The van der Waals surface area contributed by atoms with Gasteiger partial charge in [0.05, 0.1) is 17.6 Å². The fourth-order valence-corrected chi connectivity index (χ4v) is 4.64. The van der Waals surface area contributed by atoms with E-state index < -0.39 is 0 Å². The van der Waals surface area contributed by atoms with E-state index >= 15 is 0 Å². The van der Waals surface area contributed by atoms with E-state index in [1.807, 2.05) is 6.07 Å². The number of likely N-dealkylation sites (tertiary alicyclic amines) is 1. The Morgan fingerprint density at radius 1 is 1.26 bits per heavy atom. The summed E-state index contributed by atoms with van der Waals surface area (Å²) in [5, 5.41) is 2.93. The summed E-state index contributed by atoms with van der Waals surface area (Å²) in [5.41, 5.74) is 3.69. The molecular formula is C25H31FN4O. The first-order valence-electron chi connectivity index (χ1n) is 11.3. The van der Waals surface area contributed by atoms with Crippen molar-refractivity contribution in [2.45, 2.75) is 52.6 Å². The maximum Gasteiger partial charge on any atom is 0.224 e. The van der Waals surface area contributed by atoms with E-state index in [1.165, 1.54) is 17.6 Å². The molecule has 0 bridgehead atoms. The van der Waals surface area contributed by atoms with Gasteiger partial charge in [0, 0.05) is 25.2 Å². The number of aryl methyl sites for hydroxylation is 2. The smallest absolute Gasteiger partial charge is 0.224 e. The molecule has 1 amide bonds. The predicted octanol–water partition coefficient (Wildman–Crippen LogP) is 5.13. The summed E-state index contributed by atoms with van der Waals surface area (Å²) in [6, 6.07) is 12.8. The highest BCUT2D eigenvalue weighted by atomic mass is 19.1. The molecular weight excluding hydrogens is 391 g/mol. The maximum absolute atomic E-state index is 13.3. The van der Waals surface area contributed by atoms with Crippen LogP contribution in [0.25, 0.3) is 11.0 Å². The first-order chi connectivity index (χ1) is 15.0. The number of para-hydroxylation sites is 2. The zero-order chi connectivity index (χ0) is 21.8. The number of anilines is 1. The van der Waals surface area contributed by atoms with Crippen molar-refractivity contribution in [3.8, 4) is 0 Å². The van der Waals surface area contributed by atoms with Gasteiger partial charge in [0.1, 0.15) is 11.6 Å². The molecule has 5 nitrogen and oxygen atoms in total. The van der Waals surface area contributed by atoms with Crippen LogP contribution in [0.1, 0.15) is 44.0 Å². The minimum Gasteiger partial charge on any atom is -0.327 e. The summed E-state index contributed by atoms with van der Waals surface area (Å²) in [6.45, 7) is 7.80. The maximum atomic E-state index is 13.3. The van der Waals surface area contributed by atoms with E-state index in [0.29, 0.717) is 18.0 Å². The van der Waals surface area contributed by atoms with Crippen molar-refractivity contribution < 1.29 is 9.18 Å². The quantitative estimate of drug-likeness (QED) is 0.574. The molecule has 1 fully saturated rings. The molecule has 0 saturated carbocycles. The van der Waals surface area contributed by atoms with Gasteiger partial charge in [0.2, 0.25) is 5.91 Å². The molecule has 1 atom stereocenters. The van der Waals surface area contributed by atoms with Gasteiger partial charge in [-0.2, -0.15) is 0 Å². The van der Waals surface area contributed by atoms with Crippen LogP contribution in [-0.4, -0.2) is 33.4 Å². The van der Waals surface area contributed by atoms with Crippen molar-refractivity contribution in [2.24, 2.45) is 5.92 Å². The van der Waals surface area contributed by atoms with Gasteiger partial charge in [-0.15, -0.1) is 0 Å². The Morgan fingerprint density at radius 3 is 2.90 bits per heavy atom. The molecule has 2 heterocycles. The lowest BCUT2D eigenvalue weighted by atomic mass is 9.93. The van der Waals surface area contributed by atoms with Crippen LogP contribution in [-0.2, 0) is 17.9 Å². The van der Waals surface area contributed by atoms with Gasteiger partial charge in [0.15, 0.2) is 0 Å². The van der Waals surface area contributed by atoms with Crippen LogP contribution < -0.4 is 5.32 Å². The Balaban J connectivity index is 1.32. The van der Waals surface area contributed by atoms with E-state index in [9.17, 15) is 9.18 Å². The lowest BCUT2D eigenvalue weighted by Gasteiger charge is -2.32. The number of nitrogens with one attached hydrogen (secondary N) is 1. The number of hydrogen-bond donors (Lipinski definition) is 1. The lowest BCUT2D eigenvalue weighted by molar-refractivity contribution is -0.116. The Labute approximate surface area is 183 Å². The summed E-state index contributed by atoms with van der Waals surface area (Å²) in [5.74, 6) is 1.34. The molecule has 0 spiro atoms. The molecule has 4 rings (SSSR count). The Hall–Kier alpha value is -2.73. The van der Waals surface area contributed by atoms with Gasteiger partial charge in [-0.1, -0.05) is 12.1 Å². The van der Waals surface area contributed by atoms with Gasteiger partial charge in [-0.3, -0.25) is 9.69 Å². The lowest BCUT2D eigenvalue weighted by Crippen LogP contribution is -2.36. The van der Waals surface area contributed by atoms with Crippen LogP contribution in [0.2, 0.25) is 0 Å². The number of amides is 1. The van der Waals surface area contributed by atoms with Crippen LogP contribution >= 0.6 is 0 Å². The van der Waals surface area contributed by atoms with Crippen molar-refractivity contribution in [3.63, 3.8) is 0 Å². The fourth-order valence-electron chi connectivity index (χ4n) is 4.64. The molecule has 164 valence electrons. The molecule has 1 aromatic heterocycles. The number of halogens is 1. The van der Waals surface area contributed by atoms with Crippen LogP contribution in [0.5, 0.6) is 0 Å².